The molecular weight excluding hydrogens is 238 g/mol. The molecule has 0 N–H and O–H groups in total. The van der Waals surface area contributed by atoms with Crippen molar-refractivity contribution in [2.75, 3.05) is 7.05 Å². The van der Waals surface area contributed by atoms with E-state index in [-0.39, 0.29) is 17.6 Å². The summed E-state index contributed by atoms with van der Waals surface area (Å²) in [6, 6.07) is 9.77. The maximum Gasteiger partial charge on any atom is 0.235 e. The number of hydrogen-bond donors (Lipinski definition) is 0. The first-order valence-corrected chi connectivity index (χ1v) is 6.60. The van der Waals surface area contributed by atoms with Crippen LogP contribution in [0.1, 0.15) is 33.3 Å². The smallest absolute Gasteiger partial charge is 0.235 e. The molecule has 0 aromatic heterocycles. The monoisotopic (exact) mass is 261 g/mol. The Bertz CT molecular complexity index is 449. The number of nitrogens with zero attached hydrogens (tertiary/aromatic N) is 1. The predicted molar refractivity (Wildman–Crippen MR) is 76.5 cm³/mol. The summed E-state index contributed by atoms with van der Waals surface area (Å²) in [6.07, 6.45) is 0. The van der Waals surface area contributed by atoms with Crippen LogP contribution in [0.15, 0.2) is 30.3 Å². The summed E-state index contributed by atoms with van der Waals surface area (Å²) in [6.45, 7) is 7.59. The van der Waals surface area contributed by atoms with Crippen LogP contribution in [0.25, 0.3) is 0 Å². The first kappa shape index (κ1) is 15.4. The number of benzene rings is 1. The van der Waals surface area contributed by atoms with Gasteiger partial charge in [-0.3, -0.25) is 9.59 Å². The van der Waals surface area contributed by atoms with E-state index in [1.807, 2.05) is 44.2 Å². The lowest BCUT2D eigenvalue weighted by Crippen LogP contribution is -2.44. The van der Waals surface area contributed by atoms with E-state index in [0.717, 1.165) is 5.56 Å². The molecule has 0 spiro atoms. The summed E-state index contributed by atoms with van der Waals surface area (Å²) in [5, 5.41) is 0. The van der Waals surface area contributed by atoms with Crippen LogP contribution in [-0.4, -0.2) is 23.6 Å². The Balaban J connectivity index is 2.79. The topological polar surface area (TPSA) is 37.4 Å². The predicted octanol–water partition coefficient (Wildman–Crippen LogP) is 2.90. The van der Waals surface area contributed by atoms with Gasteiger partial charge in [0.15, 0.2) is 0 Å². The first-order valence-electron chi connectivity index (χ1n) is 6.60. The molecule has 1 aromatic carbocycles. The van der Waals surface area contributed by atoms with Crippen LogP contribution < -0.4 is 0 Å². The van der Waals surface area contributed by atoms with Crippen molar-refractivity contribution < 1.29 is 9.59 Å². The lowest BCUT2D eigenvalue weighted by molar-refractivity contribution is -0.148. The van der Waals surface area contributed by atoms with Crippen LogP contribution in [0.3, 0.4) is 0 Å². The Kier molecular flexibility index (Phi) is 4.87. The number of ketones is 1. The van der Waals surface area contributed by atoms with Crippen molar-refractivity contribution in [3.63, 3.8) is 0 Å². The fourth-order valence-electron chi connectivity index (χ4n) is 2.23. The molecule has 0 aliphatic rings. The van der Waals surface area contributed by atoms with Crippen molar-refractivity contribution in [2.24, 2.45) is 11.3 Å². The second-order valence-corrected chi connectivity index (χ2v) is 5.79. The molecule has 104 valence electrons. The van der Waals surface area contributed by atoms with E-state index >= 15 is 0 Å². The van der Waals surface area contributed by atoms with Gasteiger partial charge in [0.2, 0.25) is 5.91 Å². The van der Waals surface area contributed by atoms with Crippen LogP contribution >= 0.6 is 0 Å². The molecule has 0 atom stereocenters. The van der Waals surface area contributed by atoms with E-state index in [4.69, 9.17) is 0 Å². The minimum Gasteiger partial charge on any atom is -0.341 e. The normalized spacial score (nSPS) is 11.5. The highest BCUT2D eigenvalue weighted by atomic mass is 16.2. The SMILES string of the molecule is CC(C)C(=O)C(C)(C)C(=O)N(C)Cc1ccccc1. The van der Waals surface area contributed by atoms with Crippen LogP contribution in [-0.2, 0) is 16.1 Å². The maximum absolute atomic E-state index is 12.4. The number of Topliss-reactive ketones (excluding diaryl/α,β-unsaturated/α-hetero) is 1. The van der Waals surface area contributed by atoms with E-state index in [1.54, 1.807) is 25.8 Å². The van der Waals surface area contributed by atoms with Gasteiger partial charge in [-0.15, -0.1) is 0 Å². The summed E-state index contributed by atoms with van der Waals surface area (Å²) in [5.41, 5.74) is 0.101. The Morgan fingerprint density at radius 1 is 1.16 bits per heavy atom. The molecule has 19 heavy (non-hydrogen) atoms. The van der Waals surface area contributed by atoms with E-state index in [0.29, 0.717) is 6.54 Å². The molecule has 0 fully saturated rings. The summed E-state index contributed by atoms with van der Waals surface area (Å²) in [7, 11) is 1.74. The van der Waals surface area contributed by atoms with Crippen molar-refractivity contribution in [3.05, 3.63) is 35.9 Å². The van der Waals surface area contributed by atoms with Crippen LogP contribution in [0.2, 0.25) is 0 Å². The molecule has 3 nitrogen and oxygen atoms in total. The van der Waals surface area contributed by atoms with Gasteiger partial charge in [0.05, 0.1) is 0 Å². The summed E-state index contributed by atoms with van der Waals surface area (Å²) < 4.78 is 0. The Hall–Kier alpha value is -1.64. The molecule has 1 amide bonds. The molecule has 0 radical (unpaired) electrons. The molecule has 0 saturated carbocycles. The molecule has 0 heterocycles. The third kappa shape index (κ3) is 3.66. The molecule has 1 aromatic rings. The van der Waals surface area contributed by atoms with Crippen LogP contribution in [0.4, 0.5) is 0 Å². The second kappa shape index (κ2) is 6.00. The summed E-state index contributed by atoms with van der Waals surface area (Å²) in [5.74, 6) is -0.281. The highest BCUT2D eigenvalue weighted by Crippen LogP contribution is 2.24. The van der Waals surface area contributed by atoms with Gasteiger partial charge < -0.3 is 4.90 Å². The Morgan fingerprint density at radius 2 is 1.68 bits per heavy atom. The van der Waals surface area contributed by atoms with Crippen molar-refractivity contribution in [1.29, 1.82) is 0 Å². The van der Waals surface area contributed by atoms with Gasteiger partial charge in [-0.2, -0.15) is 0 Å². The van der Waals surface area contributed by atoms with Gasteiger partial charge in [-0.05, 0) is 19.4 Å². The van der Waals surface area contributed by atoms with Gasteiger partial charge in [0.25, 0.3) is 0 Å². The van der Waals surface area contributed by atoms with Crippen molar-refractivity contribution >= 4 is 11.7 Å². The van der Waals surface area contributed by atoms with Crippen LogP contribution in [0.5, 0.6) is 0 Å². The number of carbonyl (C=O) groups excluding carboxylic acids is 2. The fraction of sp³-hybridized carbons (Fsp3) is 0.500. The second-order valence-electron chi connectivity index (χ2n) is 5.79. The van der Waals surface area contributed by atoms with E-state index in [1.165, 1.54) is 0 Å². The summed E-state index contributed by atoms with van der Waals surface area (Å²) in [4.78, 5) is 26.2. The number of carbonyl (C=O) groups is 2. The van der Waals surface area contributed by atoms with Crippen LogP contribution in [0, 0.1) is 11.3 Å². The third-order valence-corrected chi connectivity index (χ3v) is 3.28. The molecule has 1 rings (SSSR count). The lowest BCUT2D eigenvalue weighted by Gasteiger charge is -2.29. The van der Waals surface area contributed by atoms with Crippen molar-refractivity contribution in [1.82, 2.24) is 4.90 Å². The highest BCUT2D eigenvalue weighted by Gasteiger charge is 2.38. The van der Waals surface area contributed by atoms with Gasteiger partial charge in [0, 0.05) is 19.5 Å². The molecule has 0 saturated heterocycles. The van der Waals surface area contributed by atoms with E-state index in [9.17, 15) is 9.59 Å². The quantitative estimate of drug-likeness (QED) is 0.764. The van der Waals surface area contributed by atoms with Gasteiger partial charge >= 0.3 is 0 Å². The Labute approximate surface area is 115 Å². The minimum absolute atomic E-state index is 0.0163. The number of amides is 1. The minimum atomic E-state index is -0.961. The lowest BCUT2D eigenvalue weighted by atomic mass is 9.81. The number of hydrogen-bond acceptors (Lipinski definition) is 2. The number of rotatable bonds is 5. The fourth-order valence-corrected chi connectivity index (χ4v) is 2.23. The van der Waals surface area contributed by atoms with E-state index in [2.05, 4.69) is 0 Å². The average Bonchev–Trinajstić information content (AvgIpc) is 2.37. The zero-order valence-electron chi connectivity index (χ0n) is 12.4. The summed E-state index contributed by atoms with van der Waals surface area (Å²) >= 11 is 0. The molecule has 0 unspecified atom stereocenters. The largest absolute Gasteiger partial charge is 0.341 e. The molecule has 0 bridgehead atoms. The van der Waals surface area contributed by atoms with E-state index < -0.39 is 5.41 Å². The standard InChI is InChI=1S/C16H23NO2/c1-12(2)14(18)16(3,4)15(19)17(5)11-13-9-7-6-8-10-13/h6-10,12H,11H2,1-5H3. The van der Waals surface area contributed by atoms with Crippen molar-refractivity contribution in [2.45, 2.75) is 34.2 Å². The molecule has 3 heteroatoms. The Morgan fingerprint density at radius 3 is 2.16 bits per heavy atom. The highest BCUT2D eigenvalue weighted by molar-refractivity contribution is 6.05. The molecule has 0 aliphatic heterocycles. The van der Waals surface area contributed by atoms with Gasteiger partial charge in [-0.25, -0.2) is 0 Å². The zero-order valence-corrected chi connectivity index (χ0v) is 12.4. The van der Waals surface area contributed by atoms with Gasteiger partial charge in [-0.1, -0.05) is 44.2 Å². The zero-order chi connectivity index (χ0) is 14.6. The first-order chi connectivity index (χ1) is 8.76. The molecular formula is C16H23NO2. The third-order valence-electron chi connectivity index (χ3n) is 3.28. The average molecular weight is 261 g/mol. The van der Waals surface area contributed by atoms with Gasteiger partial charge in [0.1, 0.15) is 11.2 Å². The van der Waals surface area contributed by atoms with Crippen molar-refractivity contribution in [3.8, 4) is 0 Å². The molecule has 0 aliphatic carbocycles. The maximum atomic E-state index is 12.4.